The van der Waals surface area contributed by atoms with Crippen molar-refractivity contribution in [2.45, 2.75) is 18.9 Å². The maximum atomic E-state index is 13.1. The molecule has 0 atom stereocenters. The number of aromatic amines is 1. The maximum absolute atomic E-state index is 13.1. The van der Waals surface area contributed by atoms with Gasteiger partial charge in [-0.2, -0.15) is 0 Å². The molecule has 2 aromatic carbocycles. The molecule has 1 aliphatic rings. The van der Waals surface area contributed by atoms with Gasteiger partial charge in [0, 0.05) is 31.0 Å². The number of fused-ring (bicyclic) bond motifs is 1. The Morgan fingerprint density at radius 1 is 1.08 bits per heavy atom. The van der Waals surface area contributed by atoms with Crippen LogP contribution in [0.25, 0.3) is 11.4 Å². The predicted molar refractivity (Wildman–Crippen MR) is 93.8 cm³/mol. The minimum atomic E-state index is 0.0415. The fraction of sp³-hybridized carbons (Fsp3) is 0.200. The third kappa shape index (κ3) is 2.50. The summed E-state index contributed by atoms with van der Waals surface area (Å²) in [7, 11) is 1.90. The molecule has 1 aromatic heterocycles. The summed E-state index contributed by atoms with van der Waals surface area (Å²) in [6, 6.07) is 16.3. The number of benzene rings is 2. The summed E-state index contributed by atoms with van der Waals surface area (Å²) in [5.41, 5.74) is 4.23. The summed E-state index contributed by atoms with van der Waals surface area (Å²) in [6.45, 7) is 0. The fourth-order valence-electron chi connectivity index (χ4n) is 3.45. The molecule has 0 saturated heterocycles. The monoisotopic (exact) mass is 317 g/mol. The van der Waals surface area contributed by atoms with Crippen molar-refractivity contribution in [3.63, 3.8) is 0 Å². The molecule has 1 amide bonds. The summed E-state index contributed by atoms with van der Waals surface area (Å²) in [6.07, 6.45) is 5.31. The second kappa shape index (κ2) is 5.96. The molecule has 24 heavy (non-hydrogen) atoms. The maximum Gasteiger partial charge on any atom is 0.254 e. The highest BCUT2D eigenvalue weighted by atomic mass is 16.2. The molecule has 0 aliphatic heterocycles. The summed E-state index contributed by atoms with van der Waals surface area (Å²) in [4.78, 5) is 22.3. The molecule has 0 bridgehead atoms. The Kier molecular flexibility index (Phi) is 3.65. The third-order valence-corrected chi connectivity index (χ3v) is 4.81. The predicted octanol–water partition coefficient (Wildman–Crippen LogP) is 3.32. The summed E-state index contributed by atoms with van der Waals surface area (Å²) < 4.78 is 0. The van der Waals surface area contributed by atoms with Crippen molar-refractivity contribution >= 4 is 5.91 Å². The zero-order valence-corrected chi connectivity index (χ0v) is 13.6. The molecule has 4 heteroatoms. The second-order valence-corrected chi connectivity index (χ2v) is 6.23. The number of amides is 1. The van der Waals surface area contributed by atoms with Crippen molar-refractivity contribution < 1.29 is 4.79 Å². The van der Waals surface area contributed by atoms with Gasteiger partial charge < -0.3 is 9.88 Å². The van der Waals surface area contributed by atoms with E-state index in [1.54, 1.807) is 12.4 Å². The molecular weight excluding hydrogens is 298 g/mol. The van der Waals surface area contributed by atoms with Crippen LogP contribution in [0.1, 0.15) is 21.5 Å². The highest BCUT2D eigenvalue weighted by Gasteiger charge is 2.28. The van der Waals surface area contributed by atoms with Gasteiger partial charge in [0.05, 0.1) is 5.56 Å². The van der Waals surface area contributed by atoms with Gasteiger partial charge in [0.2, 0.25) is 0 Å². The smallest absolute Gasteiger partial charge is 0.254 e. The van der Waals surface area contributed by atoms with Crippen LogP contribution in [-0.4, -0.2) is 33.9 Å². The van der Waals surface area contributed by atoms with Crippen LogP contribution in [0.4, 0.5) is 0 Å². The van der Waals surface area contributed by atoms with Gasteiger partial charge in [-0.25, -0.2) is 4.98 Å². The van der Waals surface area contributed by atoms with Gasteiger partial charge in [0.1, 0.15) is 5.82 Å². The number of carbonyl (C=O) groups excluding carboxylic acids is 1. The number of rotatable bonds is 3. The van der Waals surface area contributed by atoms with E-state index in [0.29, 0.717) is 5.56 Å². The number of hydrogen-bond donors (Lipinski definition) is 1. The molecule has 4 rings (SSSR count). The lowest BCUT2D eigenvalue weighted by molar-refractivity contribution is 0.0738. The van der Waals surface area contributed by atoms with E-state index in [9.17, 15) is 4.79 Å². The van der Waals surface area contributed by atoms with Crippen molar-refractivity contribution in [1.82, 2.24) is 14.9 Å². The first kappa shape index (κ1) is 14.7. The number of likely N-dealkylation sites (N-methyl/N-ethyl adjacent to an activating group) is 1. The average Bonchev–Trinajstić information content (AvgIpc) is 3.29. The molecule has 0 fully saturated rings. The van der Waals surface area contributed by atoms with E-state index in [-0.39, 0.29) is 11.9 Å². The van der Waals surface area contributed by atoms with Gasteiger partial charge in [-0.3, -0.25) is 4.79 Å². The lowest BCUT2D eigenvalue weighted by Gasteiger charge is -2.25. The van der Waals surface area contributed by atoms with Gasteiger partial charge in [-0.1, -0.05) is 42.5 Å². The van der Waals surface area contributed by atoms with Crippen LogP contribution in [0.3, 0.4) is 0 Å². The van der Waals surface area contributed by atoms with E-state index in [0.717, 1.165) is 24.2 Å². The Bertz CT molecular complexity index is 845. The Morgan fingerprint density at radius 3 is 2.42 bits per heavy atom. The van der Waals surface area contributed by atoms with E-state index < -0.39 is 0 Å². The lowest BCUT2D eigenvalue weighted by Crippen LogP contribution is -2.37. The Balaban J connectivity index is 1.61. The summed E-state index contributed by atoms with van der Waals surface area (Å²) in [5.74, 6) is 0.766. The highest BCUT2D eigenvalue weighted by Crippen LogP contribution is 2.27. The van der Waals surface area contributed by atoms with E-state index >= 15 is 0 Å². The zero-order chi connectivity index (χ0) is 16.5. The van der Waals surface area contributed by atoms with E-state index in [4.69, 9.17) is 0 Å². The fourth-order valence-corrected chi connectivity index (χ4v) is 3.45. The van der Waals surface area contributed by atoms with Crippen LogP contribution in [-0.2, 0) is 12.8 Å². The van der Waals surface area contributed by atoms with Gasteiger partial charge >= 0.3 is 0 Å². The number of nitrogens with zero attached hydrogens (tertiary/aromatic N) is 2. The van der Waals surface area contributed by atoms with Crippen LogP contribution >= 0.6 is 0 Å². The molecule has 0 spiro atoms. The minimum Gasteiger partial charge on any atom is -0.345 e. The zero-order valence-electron chi connectivity index (χ0n) is 13.6. The summed E-state index contributed by atoms with van der Waals surface area (Å²) >= 11 is 0. The van der Waals surface area contributed by atoms with E-state index in [1.807, 2.05) is 36.2 Å². The Labute approximate surface area is 141 Å². The van der Waals surface area contributed by atoms with Crippen LogP contribution in [0.5, 0.6) is 0 Å². The number of H-pyrrole nitrogens is 1. The number of carbonyl (C=O) groups is 1. The van der Waals surface area contributed by atoms with E-state index in [2.05, 4.69) is 34.2 Å². The third-order valence-electron chi connectivity index (χ3n) is 4.81. The van der Waals surface area contributed by atoms with Crippen LogP contribution in [0, 0.1) is 0 Å². The molecule has 4 nitrogen and oxygen atoms in total. The van der Waals surface area contributed by atoms with Crippen molar-refractivity contribution in [2.75, 3.05) is 7.05 Å². The first-order chi connectivity index (χ1) is 11.7. The average molecular weight is 317 g/mol. The van der Waals surface area contributed by atoms with Crippen LogP contribution in [0.2, 0.25) is 0 Å². The first-order valence-corrected chi connectivity index (χ1v) is 8.17. The SMILES string of the molecule is CN(C(=O)c1ccccc1-c1ncc[nH]1)C1Cc2ccccc2C1. The number of nitrogens with one attached hydrogen (secondary N) is 1. The molecular formula is C20H19N3O. The molecule has 120 valence electrons. The number of aromatic nitrogens is 2. The summed E-state index contributed by atoms with van der Waals surface area (Å²) in [5, 5.41) is 0. The second-order valence-electron chi connectivity index (χ2n) is 6.23. The number of hydrogen-bond acceptors (Lipinski definition) is 2. The molecule has 0 unspecified atom stereocenters. The van der Waals surface area contributed by atoms with Gasteiger partial charge in [-0.15, -0.1) is 0 Å². The topological polar surface area (TPSA) is 49.0 Å². The van der Waals surface area contributed by atoms with Crippen molar-refractivity contribution in [1.29, 1.82) is 0 Å². The molecule has 3 aromatic rings. The standard InChI is InChI=1S/C20H19N3O/c1-23(16-12-14-6-2-3-7-15(14)13-16)20(24)18-9-5-4-8-17(18)19-21-10-11-22-19/h2-11,16H,12-13H2,1H3,(H,21,22). The van der Waals surface area contributed by atoms with E-state index in [1.165, 1.54) is 11.1 Å². The Morgan fingerprint density at radius 2 is 1.75 bits per heavy atom. The largest absolute Gasteiger partial charge is 0.345 e. The van der Waals surface area contributed by atoms with Gasteiger partial charge in [-0.05, 0) is 30.0 Å². The van der Waals surface area contributed by atoms with Gasteiger partial charge in [0.15, 0.2) is 0 Å². The molecule has 1 heterocycles. The number of imidazole rings is 1. The van der Waals surface area contributed by atoms with Crippen LogP contribution in [0.15, 0.2) is 60.9 Å². The van der Waals surface area contributed by atoms with Crippen LogP contribution < -0.4 is 0 Å². The quantitative estimate of drug-likeness (QED) is 0.805. The minimum absolute atomic E-state index is 0.0415. The van der Waals surface area contributed by atoms with Crippen molar-refractivity contribution in [2.24, 2.45) is 0 Å². The van der Waals surface area contributed by atoms with Gasteiger partial charge in [0.25, 0.3) is 5.91 Å². The van der Waals surface area contributed by atoms with Crippen molar-refractivity contribution in [3.8, 4) is 11.4 Å². The molecule has 1 N–H and O–H groups in total. The molecule has 1 aliphatic carbocycles. The van der Waals surface area contributed by atoms with Crippen molar-refractivity contribution in [3.05, 3.63) is 77.6 Å². The normalized spacial score (nSPS) is 13.7. The Hall–Kier alpha value is -2.88. The first-order valence-electron chi connectivity index (χ1n) is 8.17. The lowest BCUT2D eigenvalue weighted by atomic mass is 10.0. The highest BCUT2D eigenvalue weighted by molar-refractivity contribution is 6.00. The molecule has 0 radical (unpaired) electrons. The molecule has 0 saturated carbocycles.